The third kappa shape index (κ3) is 0.744. The van der Waals surface area contributed by atoms with Gasteiger partial charge in [-0.2, -0.15) is 0 Å². The van der Waals surface area contributed by atoms with Gasteiger partial charge in [0.05, 0.1) is 4.61 Å². The SMILES string of the molecule is BrC1=C[CH]CN1. The number of hydrogen-bond donors (Lipinski definition) is 1. The van der Waals surface area contributed by atoms with E-state index < -0.39 is 0 Å². The minimum Gasteiger partial charge on any atom is -0.379 e. The summed E-state index contributed by atoms with van der Waals surface area (Å²) in [6.45, 7) is 0.973. The van der Waals surface area contributed by atoms with Crippen LogP contribution in [0.15, 0.2) is 10.7 Å². The predicted molar refractivity (Wildman–Crippen MR) is 29.3 cm³/mol. The zero-order valence-electron chi connectivity index (χ0n) is 3.24. The van der Waals surface area contributed by atoms with Crippen molar-refractivity contribution in [1.82, 2.24) is 5.32 Å². The molecule has 2 heteroatoms. The van der Waals surface area contributed by atoms with Crippen LogP contribution < -0.4 is 5.32 Å². The molecule has 0 aliphatic carbocycles. The van der Waals surface area contributed by atoms with Gasteiger partial charge in [0, 0.05) is 13.0 Å². The number of nitrogens with one attached hydrogen (secondary N) is 1. The molecule has 0 spiro atoms. The van der Waals surface area contributed by atoms with Gasteiger partial charge in [-0.3, -0.25) is 0 Å². The molecule has 1 nitrogen and oxygen atoms in total. The first kappa shape index (κ1) is 4.19. The molecule has 1 radical (unpaired) electrons. The number of rotatable bonds is 0. The topological polar surface area (TPSA) is 12.0 Å². The molecule has 0 unspecified atom stereocenters. The van der Waals surface area contributed by atoms with Gasteiger partial charge in [0.15, 0.2) is 0 Å². The Hall–Kier alpha value is 0.0200. The third-order valence-electron chi connectivity index (χ3n) is 0.653. The summed E-state index contributed by atoms with van der Waals surface area (Å²) in [5.41, 5.74) is 0. The molecule has 0 bridgehead atoms. The maximum atomic E-state index is 3.26. The molecule has 0 aromatic carbocycles. The molecular formula is C4H5BrN. The van der Waals surface area contributed by atoms with Crippen LogP contribution in [-0.4, -0.2) is 6.54 Å². The zero-order valence-corrected chi connectivity index (χ0v) is 4.83. The van der Waals surface area contributed by atoms with Gasteiger partial charge in [-0.25, -0.2) is 0 Å². The maximum Gasteiger partial charge on any atom is 0.0743 e. The van der Waals surface area contributed by atoms with Crippen molar-refractivity contribution in [1.29, 1.82) is 0 Å². The second kappa shape index (κ2) is 1.65. The van der Waals surface area contributed by atoms with E-state index in [4.69, 9.17) is 0 Å². The fourth-order valence-electron chi connectivity index (χ4n) is 0.378. The van der Waals surface area contributed by atoms with E-state index in [0.29, 0.717) is 0 Å². The molecule has 0 atom stereocenters. The molecule has 1 heterocycles. The smallest absolute Gasteiger partial charge is 0.0743 e. The molecule has 6 heavy (non-hydrogen) atoms. The van der Waals surface area contributed by atoms with Crippen LogP contribution in [0, 0.1) is 6.42 Å². The Morgan fingerprint density at radius 2 is 2.67 bits per heavy atom. The molecule has 1 aliphatic heterocycles. The van der Waals surface area contributed by atoms with Gasteiger partial charge in [0.2, 0.25) is 0 Å². The van der Waals surface area contributed by atoms with Crippen LogP contribution in [0.4, 0.5) is 0 Å². The first-order valence-corrected chi connectivity index (χ1v) is 2.62. The van der Waals surface area contributed by atoms with Crippen LogP contribution in [0.2, 0.25) is 0 Å². The van der Waals surface area contributed by atoms with Gasteiger partial charge < -0.3 is 5.32 Å². The summed E-state index contributed by atoms with van der Waals surface area (Å²) in [6, 6.07) is 0. The van der Waals surface area contributed by atoms with Crippen LogP contribution in [0.1, 0.15) is 0 Å². The Bertz CT molecular complexity index is 77.6. The molecule has 1 aliphatic rings. The van der Waals surface area contributed by atoms with Crippen LogP contribution in [0.25, 0.3) is 0 Å². The van der Waals surface area contributed by atoms with Crippen molar-refractivity contribution in [3.05, 3.63) is 17.1 Å². The van der Waals surface area contributed by atoms with E-state index in [-0.39, 0.29) is 0 Å². The molecule has 0 aromatic rings. The molecule has 0 amide bonds. The van der Waals surface area contributed by atoms with Gasteiger partial charge in [0.1, 0.15) is 0 Å². The molecular weight excluding hydrogens is 142 g/mol. The lowest BCUT2D eigenvalue weighted by Gasteiger charge is -1.86. The summed E-state index contributed by atoms with van der Waals surface area (Å²) in [5.74, 6) is 0. The van der Waals surface area contributed by atoms with Gasteiger partial charge in [0.25, 0.3) is 0 Å². The highest BCUT2D eigenvalue weighted by molar-refractivity contribution is 9.11. The Kier molecular flexibility index (Phi) is 1.15. The van der Waals surface area contributed by atoms with Crippen molar-refractivity contribution >= 4 is 15.9 Å². The summed E-state index contributed by atoms with van der Waals surface area (Å²) in [6.07, 6.45) is 4.06. The van der Waals surface area contributed by atoms with E-state index >= 15 is 0 Å². The summed E-state index contributed by atoms with van der Waals surface area (Å²) in [7, 11) is 0. The van der Waals surface area contributed by atoms with E-state index in [1.165, 1.54) is 0 Å². The van der Waals surface area contributed by atoms with Crippen molar-refractivity contribution in [2.24, 2.45) is 0 Å². The molecule has 0 aromatic heterocycles. The standard InChI is InChI=1S/C4H5BrN/c5-4-2-1-3-6-4/h1-2,6H,3H2. The minimum absolute atomic E-state index is 0.973. The zero-order chi connectivity index (χ0) is 4.41. The summed E-state index contributed by atoms with van der Waals surface area (Å²) in [4.78, 5) is 0. The molecule has 33 valence electrons. The lowest BCUT2D eigenvalue weighted by Crippen LogP contribution is -2.01. The first-order valence-electron chi connectivity index (χ1n) is 1.82. The molecule has 1 N–H and O–H groups in total. The molecule has 0 saturated carbocycles. The Morgan fingerprint density at radius 3 is 2.83 bits per heavy atom. The second-order valence-electron chi connectivity index (χ2n) is 1.13. The van der Waals surface area contributed by atoms with E-state index in [0.717, 1.165) is 11.2 Å². The van der Waals surface area contributed by atoms with Crippen LogP contribution in [0.3, 0.4) is 0 Å². The van der Waals surface area contributed by atoms with Crippen molar-refractivity contribution in [2.75, 3.05) is 6.54 Å². The van der Waals surface area contributed by atoms with Crippen molar-refractivity contribution in [2.45, 2.75) is 0 Å². The monoisotopic (exact) mass is 146 g/mol. The van der Waals surface area contributed by atoms with Gasteiger partial charge in [-0.1, -0.05) is 0 Å². The van der Waals surface area contributed by atoms with Crippen molar-refractivity contribution in [3.63, 3.8) is 0 Å². The average Bonchev–Trinajstić information content (AvgIpc) is 1.86. The Morgan fingerprint density at radius 1 is 1.83 bits per heavy atom. The van der Waals surface area contributed by atoms with E-state index in [1.54, 1.807) is 0 Å². The Labute approximate surface area is 45.6 Å². The molecule has 0 saturated heterocycles. The van der Waals surface area contributed by atoms with Crippen molar-refractivity contribution < 1.29 is 0 Å². The normalized spacial score (nSPS) is 19.8. The van der Waals surface area contributed by atoms with Crippen LogP contribution in [0.5, 0.6) is 0 Å². The highest BCUT2D eigenvalue weighted by atomic mass is 79.9. The van der Waals surface area contributed by atoms with E-state index in [1.807, 2.05) is 6.08 Å². The van der Waals surface area contributed by atoms with Crippen LogP contribution >= 0.6 is 15.9 Å². The highest BCUT2D eigenvalue weighted by Crippen LogP contribution is 2.05. The second-order valence-corrected chi connectivity index (χ2v) is 1.99. The van der Waals surface area contributed by atoms with Gasteiger partial charge in [-0.15, -0.1) is 0 Å². The summed E-state index contributed by atoms with van der Waals surface area (Å²) in [5, 5.41) is 3.04. The quantitative estimate of drug-likeness (QED) is 0.504. The van der Waals surface area contributed by atoms with Crippen LogP contribution in [-0.2, 0) is 0 Å². The summed E-state index contributed by atoms with van der Waals surface area (Å²) >= 11 is 3.26. The highest BCUT2D eigenvalue weighted by Gasteiger charge is 1.94. The van der Waals surface area contributed by atoms with Gasteiger partial charge in [-0.05, 0) is 22.0 Å². The van der Waals surface area contributed by atoms with E-state index in [2.05, 4.69) is 27.7 Å². The van der Waals surface area contributed by atoms with Gasteiger partial charge >= 0.3 is 0 Å². The summed E-state index contributed by atoms with van der Waals surface area (Å²) < 4.78 is 1.09. The Balaban J connectivity index is 2.45. The average molecular weight is 147 g/mol. The van der Waals surface area contributed by atoms with E-state index in [9.17, 15) is 0 Å². The third-order valence-corrected chi connectivity index (χ3v) is 1.20. The minimum atomic E-state index is 0.973. The number of hydrogen-bond acceptors (Lipinski definition) is 1. The first-order chi connectivity index (χ1) is 2.89. The lowest BCUT2D eigenvalue weighted by molar-refractivity contribution is 0.994. The molecule has 0 fully saturated rings. The maximum absolute atomic E-state index is 3.26. The lowest BCUT2D eigenvalue weighted by atomic mass is 10.5. The predicted octanol–water partition coefficient (Wildman–Crippen LogP) is 1.03. The fourth-order valence-corrected chi connectivity index (χ4v) is 0.727. The molecule has 1 rings (SSSR count). The number of halogens is 1. The van der Waals surface area contributed by atoms with Crippen molar-refractivity contribution in [3.8, 4) is 0 Å². The fraction of sp³-hybridized carbons (Fsp3) is 0.250. The largest absolute Gasteiger partial charge is 0.379 e.